The molecule has 0 radical (unpaired) electrons. The van der Waals surface area contributed by atoms with Gasteiger partial charge < -0.3 is 14.8 Å². The van der Waals surface area contributed by atoms with E-state index in [-0.39, 0.29) is 12.2 Å². The fraction of sp³-hybridized carbons (Fsp3) is 0.250. The number of hydrogen-bond donors (Lipinski definition) is 1. The van der Waals surface area contributed by atoms with Gasteiger partial charge in [-0.3, -0.25) is 14.4 Å². The Bertz CT molecular complexity index is 781. The number of rotatable bonds is 7. The fourth-order valence-corrected chi connectivity index (χ4v) is 2.23. The summed E-state index contributed by atoms with van der Waals surface area (Å²) in [7, 11) is 1.57. The molecule has 0 aliphatic rings. The maximum absolute atomic E-state index is 12.1. The van der Waals surface area contributed by atoms with Crippen LogP contribution >= 0.6 is 0 Å². The molecule has 1 N–H and O–H groups in total. The zero-order valence-corrected chi connectivity index (χ0v) is 14.9. The van der Waals surface area contributed by atoms with Gasteiger partial charge in [0.05, 0.1) is 13.5 Å². The van der Waals surface area contributed by atoms with Crippen molar-refractivity contribution in [2.75, 3.05) is 12.4 Å². The summed E-state index contributed by atoms with van der Waals surface area (Å²) in [6.07, 6.45) is -0.872. The van der Waals surface area contributed by atoms with Gasteiger partial charge in [0.1, 0.15) is 5.75 Å². The number of methoxy groups -OCH3 is 1. The van der Waals surface area contributed by atoms with E-state index in [4.69, 9.17) is 9.47 Å². The van der Waals surface area contributed by atoms with E-state index in [2.05, 4.69) is 5.32 Å². The largest absolute Gasteiger partial charge is 0.497 e. The highest BCUT2D eigenvalue weighted by Gasteiger charge is 2.18. The second-order valence-corrected chi connectivity index (χ2v) is 5.78. The van der Waals surface area contributed by atoms with Crippen LogP contribution in [0.15, 0.2) is 48.5 Å². The molecule has 0 unspecified atom stereocenters. The van der Waals surface area contributed by atoms with E-state index in [0.29, 0.717) is 17.0 Å². The molecule has 0 aliphatic heterocycles. The molecule has 2 aromatic rings. The SMILES string of the molecule is COc1ccc(CC(=O)O[C@@H](C)C(=O)Nc2ccc(C(C)=O)cc2)cc1. The summed E-state index contributed by atoms with van der Waals surface area (Å²) >= 11 is 0. The zero-order valence-electron chi connectivity index (χ0n) is 14.9. The van der Waals surface area contributed by atoms with E-state index < -0.39 is 18.0 Å². The van der Waals surface area contributed by atoms with Crippen LogP contribution < -0.4 is 10.1 Å². The predicted molar refractivity (Wildman–Crippen MR) is 97.3 cm³/mol. The highest BCUT2D eigenvalue weighted by Crippen LogP contribution is 2.13. The number of carbonyl (C=O) groups is 3. The maximum Gasteiger partial charge on any atom is 0.311 e. The van der Waals surface area contributed by atoms with Gasteiger partial charge in [-0.15, -0.1) is 0 Å². The number of esters is 1. The van der Waals surface area contributed by atoms with E-state index >= 15 is 0 Å². The lowest BCUT2D eigenvalue weighted by Crippen LogP contribution is -2.30. The number of hydrogen-bond acceptors (Lipinski definition) is 5. The normalized spacial score (nSPS) is 11.3. The number of ketones is 1. The Balaban J connectivity index is 1.86. The Hall–Kier alpha value is -3.15. The van der Waals surface area contributed by atoms with Gasteiger partial charge in [-0.25, -0.2) is 0 Å². The Morgan fingerprint density at radius 1 is 1.00 bits per heavy atom. The molecule has 0 aliphatic carbocycles. The molecular formula is C20H21NO5. The summed E-state index contributed by atoms with van der Waals surface area (Å²) in [4.78, 5) is 35.4. The molecule has 0 saturated carbocycles. The van der Waals surface area contributed by atoms with Crippen molar-refractivity contribution in [1.82, 2.24) is 0 Å². The average molecular weight is 355 g/mol. The molecule has 0 aromatic heterocycles. The summed E-state index contributed by atoms with van der Waals surface area (Å²) in [5, 5.41) is 2.65. The number of nitrogens with one attached hydrogen (secondary N) is 1. The van der Waals surface area contributed by atoms with Gasteiger partial charge >= 0.3 is 5.97 Å². The number of carbonyl (C=O) groups excluding carboxylic acids is 3. The van der Waals surface area contributed by atoms with E-state index in [9.17, 15) is 14.4 Å². The van der Waals surface area contributed by atoms with Crippen LogP contribution in [0.25, 0.3) is 0 Å². The molecule has 6 heteroatoms. The van der Waals surface area contributed by atoms with Gasteiger partial charge in [-0.05, 0) is 55.8 Å². The molecule has 0 fully saturated rings. The van der Waals surface area contributed by atoms with Gasteiger partial charge in [0.25, 0.3) is 5.91 Å². The van der Waals surface area contributed by atoms with Gasteiger partial charge in [-0.1, -0.05) is 12.1 Å². The van der Waals surface area contributed by atoms with Gasteiger partial charge in [-0.2, -0.15) is 0 Å². The molecule has 0 bridgehead atoms. The molecular weight excluding hydrogens is 334 g/mol. The molecule has 0 spiro atoms. The fourth-order valence-electron chi connectivity index (χ4n) is 2.23. The molecule has 0 saturated heterocycles. The van der Waals surface area contributed by atoms with Crippen LogP contribution in [0.3, 0.4) is 0 Å². The lowest BCUT2D eigenvalue weighted by atomic mass is 10.1. The molecule has 2 aromatic carbocycles. The van der Waals surface area contributed by atoms with E-state index in [1.807, 2.05) is 0 Å². The van der Waals surface area contributed by atoms with Crippen molar-refractivity contribution in [3.05, 3.63) is 59.7 Å². The zero-order chi connectivity index (χ0) is 19.1. The third-order valence-corrected chi connectivity index (χ3v) is 3.74. The lowest BCUT2D eigenvalue weighted by molar-refractivity contribution is -0.152. The summed E-state index contributed by atoms with van der Waals surface area (Å²) in [5.41, 5.74) is 1.85. The van der Waals surface area contributed by atoms with Crippen LogP contribution in [-0.2, 0) is 20.7 Å². The Kier molecular flexibility index (Phi) is 6.49. The summed E-state index contributed by atoms with van der Waals surface area (Å²) < 4.78 is 10.2. The van der Waals surface area contributed by atoms with Crippen LogP contribution in [0.5, 0.6) is 5.75 Å². The van der Waals surface area contributed by atoms with Crippen molar-refractivity contribution >= 4 is 23.3 Å². The Morgan fingerprint density at radius 2 is 1.62 bits per heavy atom. The first kappa shape index (κ1) is 19.2. The minimum atomic E-state index is -0.937. The molecule has 0 heterocycles. The monoisotopic (exact) mass is 355 g/mol. The minimum Gasteiger partial charge on any atom is -0.497 e. The third kappa shape index (κ3) is 5.44. The first-order valence-corrected chi connectivity index (χ1v) is 8.13. The number of anilines is 1. The Labute approximate surface area is 152 Å². The van der Waals surface area contributed by atoms with Crippen molar-refractivity contribution in [2.45, 2.75) is 26.4 Å². The third-order valence-electron chi connectivity index (χ3n) is 3.74. The molecule has 1 atom stereocenters. The van der Waals surface area contributed by atoms with Gasteiger partial charge in [0, 0.05) is 11.3 Å². The summed E-state index contributed by atoms with van der Waals surface area (Å²) in [5.74, 6) is -0.289. The van der Waals surface area contributed by atoms with Crippen LogP contribution in [0.4, 0.5) is 5.69 Å². The highest BCUT2D eigenvalue weighted by atomic mass is 16.5. The lowest BCUT2D eigenvalue weighted by Gasteiger charge is -2.14. The quantitative estimate of drug-likeness (QED) is 0.610. The van der Waals surface area contributed by atoms with Gasteiger partial charge in [0.15, 0.2) is 11.9 Å². The number of Topliss-reactive ketones (excluding diaryl/α,β-unsaturated/α-hetero) is 1. The summed E-state index contributed by atoms with van der Waals surface area (Å²) in [6.45, 7) is 2.98. The maximum atomic E-state index is 12.1. The molecule has 136 valence electrons. The summed E-state index contributed by atoms with van der Waals surface area (Å²) in [6, 6.07) is 13.5. The Morgan fingerprint density at radius 3 is 2.15 bits per heavy atom. The average Bonchev–Trinajstić information content (AvgIpc) is 2.62. The first-order valence-electron chi connectivity index (χ1n) is 8.13. The minimum absolute atomic E-state index is 0.0521. The van der Waals surface area contributed by atoms with Crippen molar-refractivity contribution in [3.8, 4) is 5.75 Å². The number of ether oxygens (including phenoxy) is 2. The molecule has 6 nitrogen and oxygen atoms in total. The first-order chi connectivity index (χ1) is 12.4. The van der Waals surface area contributed by atoms with Crippen molar-refractivity contribution in [3.63, 3.8) is 0 Å². The molecule has 26 heavy (non-hydrogen) atoms. The van der Waals surface area contributed by atoms with Gasteiger partial charge in [0.2, 0.25) is 0 Å². The highest BCUT2D eigenvalue weighted by molar-refractivity contribution is 5.97. The van der Waals surface area contributed by atoms with Crippen LogP contribution in [0, 0.1) is 0 Å². The topological polar surface area (TPSA) is 81.7 Å². The second kappa shape index (κ2) is 8.80. The van der Waals surface area contributed by atoms with Crippen LogP contribution in [0.2, 0.25) is 0 Å². The van der Waals surface area contributed by atoms with Crippen LogP contribution in [-0.4, -0.2) is 30.9 Å². The standard InChI is InChI=1S/C20H21NO5/c1-13(22)16-6-8-17(9-7-16)21-20(24)14(2)26-19(23)12-15-4-10-18(25-3)11-5-15/h4-11,14H,12H2,1-3H3,(H,21,24)/t14-/m0/s1. The number of amides is 1. The second-order valence-electron chi connectivity index (χ2n) is 5.78. The van der Waals surface area contributed by atoms with Crippen molar-refractivity contribution in [2.24, 2.45) is 0 Å². The van der Waals surface area contributed by atoms with E-state index in [0.717, 1.165) is 5.56 Å². The van der Waals surface area contributed by atoms with Crippen molar-refractivity contribution in [1.29, 1.82) is 0 Å². The van der Waals surface area contributed by atoms with Crippen LogP contribution in [0.1, 0.15) is 29.8 Å². The van der Waals surface area contributed by atoms with E-state index in [1.165, 1.54) is 13.8 Å². The van der Waals surface area contributed by atoms with Crippen molar-refractivity contribution < 1.29 is 23.9 Å². The number of benzene rings is 2. The predicted octanol–water partition coefficient (Wildman–Crippen LogP) is 3.01. The van der Waals surface area contributed by atoms with E-state index in [1.54, 1.807) is 55.6 Å². The smallest absolute Gasteiger partial charge is 0.311 e. The molecule has 2 rings (SSSR count). The molecule has 1 amide bonds.